The maximum absolute atomic E-state index is 11.6. The third kappa shape index (κ3) is 1.08. The molecule has 78 valence electrons. The van der Waals surface area contributed by atoms with Crippen LogP contribution in [0.25, 0.3) is 11.4 Å². The van der Waals surface area contributed by atoms with Gasteiger partial charge in [-0.1, -0.05) is 12.1 Å². The summed E-state index contributed by atoms with van der Waals surface area (Å²) in [6, 6.07) is 5.12. The van der Waals surface area contributed by atoms with E-state index in [1.165, 1.54) is 0 Å². The van der Waals surface area contributed by atoms with E-state index in [0.29, 0.717) is 22.5 Å². The number of aromatic nitrogens is 2. The number of imide groups is 1. The first-order valence-electron chi connectivity index (χ1n) is 4.76. The van der Waals surface area contributed by atoms with Gasteiger partial charge in [0.05, 0.1) is 11.1 Å². The van der Waals surface area contributed by atoms with Crippen LogP contribution in [0, 0.1) is 0 Å². The third-order valence-corrected chi connectivity index (χ3v) is 2.52. The number of rotatable bonds is 1. The van der Waals surface area contributed by atoms with Gasteiger partial charge in [-0.3, -0.25) is 14.9 Å². The van der Waals surface area contributed by atoms with Crippen molar-refractivity contribution in [2.75, 3.05) is 0 Å². The van der Waals surface area contributed by atoms with E-state index in [4.69, 9.17) is 0 Å². The van der Waals surface area contributed by atoms with Gasteiger partial charge in [-0.15, -0.1) is 0 Å². The van der Waals surface area contributed by atoms with Crippen LogP contribution in [0.1, 0.15) is 20.7 Å². The van der Waals surface area contributed by atoms with Gasteiger partial charge < -0.3 is 4.98 Å². The van der Waals surface area contributed by atoms with E-state index >= 15 is 0 Å². The van der Waals surface area contributed by atoms with Gasteiger partial charge in [0.25, 0.3) is 11.8 Å². The lowest BCUT2D eigenvalue weighted by atomic mass is 10.0. The van der Waals surface area contributed by atoms with E-state index in [1.54, 1.807) is 30.6 Å². The molecule has 0 spiro atoms. The van der Waals surface area contributed by atoms with Crippen molar-refractivity contribution in [3.05, 3.63) is 41.7 Å². The number of amides is 2. The number of H-pyrrole nitrogens is 1. The van der Waals surface area contributed by atoms with Crippen LogP contribution in [0.3, 0.4) is 0 Å². The Morgan fingerprint density at radius 3 is 2.62 bits per heavy atom. The molecular formula is C11H7N3O2. The summed E-state index contributed by atoms with van der Waals surface area (Å²) in [7, 11) is 0. The molecule has 0 bridgehead atoms. The molecule has 2 amide bonds. The van der Waals surface area contributed by atoms with E-state index < -0.39 is 0 Å². The first-order chi connectivity index (χ1) is 7.77. The highest BCUT2D eigenvalue weighted by atomic mass is 16.2. The Morgan fingerprint density at radius 1 is 1.06 bits per heavy atom. The Hall–Kier alpha value is -2.43. The molecule has 3 rings (SSSR count). The first kappa shape index (κ1) is 8.84. The van der Waals surface area contributed by atoms with Gasteiger partial charge in [-0.2, -0.15) is 0 Å². The molecule has 0 radical (unpaired) electrons. The average Bonchev–Trinajstić information content (AvgIpc) is 2.88. The number of nitrogens with zero attached hydrogens (tertiary/aromatic N) is 1. The van der Waals surface area contributed by atoms with Crippen LogP contribution in [0.15, 0.2) is 30.6 Å². The Balaban J connectivity index is 2.30. The lowest BCUT2D eigenvalue weighted by Crippen LogP contribution is -2.20. The van der Waals surface area contributed by atoms with Crippen LogP contribution in [-0.2, 0) is 0 Å². The molecule has 16 heavy (non-hydrogen) atoms. The molecule has 1 aromatic heterocycles. The summed E-state index contributed by atoms with van der Waals surface area (Å²) >= 11 is 0. The average molecular weight is 213 g/mol. The summed E-state index contributed by atoms with van der Waals surface area (Å²) in [6.45, 7) is 0. The van der Waals surface area contributed by atoms with Crippen LogP contribution < -0.4 is 5.32 Å². The van der Waals surface area contributed by atoms with Crippen LogP contribution in [0.2, 0.25) is 0 Å². The number of nitrogens with one attached hydrogen (secondary N) is 2. The van der Waals surface area contributed by atoms with Crippen molar-refractivity contribution >= 4 is 11.8 Å². The second-order valence-electron chi connectivity index (χ2n) is 3.45. The van der Waals surface area contributed by atoms with Gasteiger partial charge in [0.15, 0.2) is 0 Å². The number of aromatic amines is 1. The molecular weight excluding hydrogens is 206 g/mol. The van der Waals surface area contributed by atoms with E-state index in [9.17, 15) is 9.59 Å². The summed E-state index contributed by atoms with van der Waals surface area (Å²) in [6.07, 6.45) is 3.27. The molecule has 2 aromatic rings. The topological polar surface area (TPSA) is 74.8 Å². The molecule has 5 heteroatoms. The Labute approximate surface area is 90.5 Å². The van der Waals surface area contributed by atoms with Crippen LogP contribution in [0.4, 0.5) is 0 Å². The molecule has 5 nitrogen and oxygen atoms in total. The van der Waals surface area contributed by atoms with Crippen LogP contribution >= 0.6 is 0 Å². The van der Waals surface area contributed by atoms with E-state index in [2.05, 4.69) is 15.3 Å². The predicted octanol–water partition coefficient (Wildman–Crippen LogP) is 0.960. The second-order valence-corrected chi connectivity index (χ2v) is 3.45. The summed E-state index contributed by atoms with van der Waals surface area (Å²) < 4.78 is 0. The molecule has 1 aromatic carbocycles. The van der Waals surface area contributed by atoms with Crippen molar-refractivity contribution in [3.8, 4) is 11.4 Å². The Morgan fingerprint density at radius 2 is 1.88 bits per heavy atom. The molecule has 2 heterocycles. The summed E-state index contributed by atoms with van der Waals surface area (Å²) in [4.78, 5) is 30.0. The molecule has 0 atom stereocenters. The molecule has 0 aliphatic carbocycles. The first-order valence-corrected chi connectivity index (χ1v) is 4.76. The summed E-state index contributed by atoms with van der Waals surface area (Å²) in [5, 5.41) is 2.27. The summed E-state index contributed by atoms with van der Waals surface area (Å²) in [5.41, 5.74) is 1.44. The highest BCUT2D eigenvalue weighted by Gasteiger charge is 2.29. The fraction of sp³-hybridized carbons (Fsp3) is 0. The fourth-order valence-corrected chi connectivity index (χ4v) is 1.83. The molecule has 1 aliphatic rings. The molecule has 0 saturated heterocycles. The van der Waals surface area contributed by atoms with E-state index in [1.807, 2.05) is 0 Å². The maximum atomic E-state index is 11.6. The number of imidazole rings is 1. The number of carbonyl (C=O) groups excluding carboxylic acids is 2. The largest absolute Gasteiger partial charge is 0.345 e. The minimum Gasteiger partial charge on any atom is -0.345 e. The molecule has 2 N–H and O–H groups in total. The van der Waals surface area contributed by atoms with Crippen LogP contribution in [0.5, 0.6) is 0 Å². The number of fused-ring (bicyclic) bond motifs is 1. The zero-order valence-corrected chi connectivity index (χ0v) is 8.15. The van der Waals surface area contributed by atoms with Crippen molar-refractivity contribution < 1.29 is 9.59 Å². The Kier molecular flexibility index (Phi) is 1.67. The monoisotopic (exact) mass is 213 g/mol. The molecule has 0 fully saturated rings. The highest BCUT2D eigenvalue weighted by Crippen LogP contribution is 2.26. The van der Waals surface area contributed by atoms with Gasteiger partial charge in [0.2, 0.25) is 0 Å². The van der Waals surface area contributed by atoms with E-state index in [-0.39, 0.29) is 11.8 Å². The highest BCUT2D eigenvalue weighted by molar-refractivity contribution is 6.23. The number of carbonyl (C=O) groups is 2. The van der Waals surface area contributed by atoms with Gasteiger partial charge in [-0.25, -0.2) is 4.98 Å². The van der Waals surface area contributed by atoms with Crippen LogP contribution in [-0.4, -0.2) is 21.8 Å². The fourth-order valence-electron chi connectivity index (χ4n) is 1.83. The quantitative estimate of drug-likeness (QED) is 0.693. The Bertz CT molecular complexity index is 587. The lowest BCUT2D eigenvalue weighted by molar-refractivity contribution is 0.0880. The normalized spacial score (nSPS) is 13.8. The zero-order valence-electron chi connectivity index (χ0n) is 8.15. The number of hydrogen-bond donors (Lipinski definition) is 2. The minimum absolute atomic E-state index is 0.353. The predicted molar refractivity (Wildman–Crippen MR) is 55.8 cm³/mol. The van der Waals surface area contributed by atoms with Crippen molar-refractivity contribution in [2.24, 2.45) is 0 Å². The number of hydrogen-bond acceptors (Lipinski definition) is 3. The minimum atomic E-state index is -0.369. The smallest absolute Gasteiger partial charge is 0.259 e. The maximum Gasteiger partial charge on any atom is 0.259 e. The van der Waals surface area contributed by atoms with Crippen molar-refractivity contribution in [3.63, 3.8) is 0 Å². The van der Waals surface area contributed by atoms with Gasteiger partial charge in [0.1, 0.15) is 5.82 Å². The standard InChI is InChI=1S/C11H7N3O2/c15-10-7-3-1-2-6(8(7)11(16)14-10)9-12-4-5-13-9/h1-5H,(H,12,13)(H,14,15,16). The van der Waals surface area contributed by atoms with Crippen molar-refractivity contribution in [1.29, 1.82) is 0 Å². The zero-order chi connectivity index (χ0) is 11.1. The van der Waals surface area contributed by atoms with Crippen molar-refractivity contribution in [2.45, 2.75) is 0 Å². The third-order valence-electron chi connectivity index (χ3n) is 2.52. The second kappa shape index (κ2) is 3.03. The van der Waals surface area contributed by atoms with Crippen molar-refractivity contribution in [1.82, 2.24) is 15.3 Å². The van der Waals surface area contributed by atoms with E-state index in [0.717, 1.165) is 0 Å². The summed E-state index contributed by atoms with van der Waals surface area (Å²) in [5.74, 6) is -0.137. The van der Waals surface area contributed by atoms with Gasteiger partial charge in [0, 0.05) is 18.0 Å². The van der Waals surface area contributed by atoms with Gasteiger partial charge in [-0.05, 0) is 6.07 Å². The lowest BCUT2D eigenvalue weighted by Gasteiger charge is -2.01. The molecule has 0 unspecified atom stereocenters. The van der Waals surface area contributed by atoms with Gasteiger partial charge >= 0.3 is 0 Å². The SMILES string of the molecule is O=C1NC(=O)c2c1cccc2-c1ncc[nH]1. The number of benzene rings is 1. The molecule has 0 saturated carbocycles. The molecule has 1 aliphatic heterocycles.